The molecule has 4 heterocycles. The van der Waals surface area contributed by atoms with Gasteiger partial charge in [-0.3, -0.25) is 24.0 Å². The highest BCUT2D eigenvalue weighted by molar-refractivity contribution is 6.01. The van der Waals surface area contributed by atoms with Gasteiger partial charge in [0.15, 0.2) is 11.5 Å². The number of nitrogens with one attached hydrogen (secondary N) is 4. The average Bonchev–Trinajstić information content (AvgIpc) is 3.50. The predicted molar refractivity (Wildman–Crippen MR) is 182 cm³/mol. The van der Waals surface area contributed by atoms with Gasteiger partial charge in [0.1, 0.15) is 49.7 Å². The molecule has 0 saturated carbocycles. The number of benzene rings is 2. The van der Waals surface area contributed by atoms with Gasteiger partial charge in [-0.15, -0.1) is 0 Å². The molecule has 0 aliphatic carbocycles. The van der Waals surface area contributed by atoms with Gasteiger partial charge in [-0.25, -0.2) is 0 Å². The lowest BCUT2D eigenvalue weighted by Gasteiger charge is -2.30. The van der Waals surface area contributed by atoms with Crippen molar-refractivity contribution in [2.24, 2.45) is 5.92 Å². The first-order chi connectivity index (χ1) is 23.9. The zero-order chi connectivity index (χ0) is 35.9. The highest BCUT2D eigenvalue weighted by Gasteiger charge is 2.42. The van der Waals surface area contributed by atoms with Crippen LogP contribution in [0.15, 0.2) is 42.5 Å². The fraction of sp³-hybridized carbons (Fsp3) is 0.528. The summed E-state index contributed by atoms with van der Waals surface area (Å²) in [7, 11) is 0. The van der Waals surface area contributed by atoms with Gasteiger partial charge in [-0.05, 0) is 55.5 Å². The first-order valence-electron chi connectivity index (χ1n) is 17.2. The lowest BCUT2D eigenvalue weighted by atomic mass is 10.0. The summed E-state index contributed by atoms with van der Waals surface area (Å²) in [6.07, 6.45) is -0.128. The summed E-state index contributed by atoms with van der Waals surface area (Å²) in [4.78, 5) is 69.3. The third-order valence-electron chi connectivity index (χ3n) is 8.99. The van der Waals surface area contributed by atoms with Gasteiger partial charge < -0.3 is 45.5 Å². The van der Waals surface area contributed by atoms with E-state index in [1.54, 1.807) is 56.3 Å². The summed E-state index contributed by atoms with van der Waals surface area (Å²) in [5.41, 5.74) is 0.909. The Bertz CT molecular complexity index is 1570. The van der Waals surface area contributed by atoms with Gasteiger partial charge in [0.05, 0.1) is 17.7 Å². The van der Waals surface area contributed by atoms with Gasteiger partial charge in [0.25, 0.3) is 5.91 Å². The number of carbonyl (C=O) groups is 5. The van der Waals surface area contributed by atoms with Gasteiger partial charge in [-0.2, -0.15) is 0 Å². The number of aliphatic hydroxyl groups is 1. The summed E-state index contributed by atoms with van der Waals surface area (Å²) in [5.74, 6) is -1.24. The van der Waals surface area contributed by atoms with Crippen molar-refractivity contribution >= 4 is 29.5 Å². The number of fused-ring (bicyclic) bond motifs is 15. The van der Waals surface area contributed by atoms with Gasteiger partial charge >= 0.3 is 0 Å². The molecule has 50 heavy (non-hydrogen) atoms. The molecule has 4 aliphatic rings. The van der Waals surface area contributed by atoms with Crippen LogP contribution < -0.4 is 35.5 Å². The van der Waals surface area contributed by atoms with Crippen LogP contribution in [0.5, 0.6) is 17.2 Å². The van der Waals surface area contributed by atoms with E-state index in [4.69, 9.17) is 14.2 Å². The summed E-state index contributed by atoms with van der Waals surface area (Å²) < 4.78 is 17.4. The number of amides is 5. The van der Waals surface area contributed by atoms with Crippen LogP contribution in [-0.4, -0.2) is 102 Å². The molecule has 4 aliphatic heterocycles. The van der Waals surface area contributed by atoms with Crippen LogP contribution in [0.3, 0.4) is 0 Å². The van der Waals surface area contributed by atoms with Gasteiger partial charge in [-0.1, -0.05) is 39.0 Å². The quantitative estimate of drug-likeness (QED) is 0.286. The fourth-order valence-electron chi connectivity index (χ4n) is 6.41. The standard InChI is InChI=1S/C36H47N5O9/c1-5-27-36(47)41-18-24(42)17-29(41)35(46)37-21(4)32(43)38-23(15-20(2)3)19-50-25-11-9-22(10-12-25)16-28(34(45)39-27)40-33(44)26-7-6-8-30-31(26)49-14-13-48-30/h6-12,20-21,23-24,27-29,42H,5,13-19H2,1-4H3,(H,37,46)(H,38,43)(H,39,45)(H,40,44)/t21-,23+,24-,27+,28+,29+/m1/s1. The number of carbonyl (C=O) groups excluding carboxylic acids is 5. The number of aliphatic hydroxyl groups excluding tert-OH is 1. The molecule has 5 N–H and O–H groups in total. The monoisotopic (exact) mass is 693 g/mol. The van der Waals surface area contributed by atoms with E-state index >= 15 is 0 Å². The second-order valence-electron chi connectivity index (χ2n) is 13.4. The topological polar surface area (TPSA) is 185 Å². The van der Waals surface area contributed by atoms with E-state index in [0.717, 1.165) is 0 Å². The molecule has 270 valence electrons. The molecule has 2 bridgehead atoms. The number of hydrogen-bond acceptors (Lipinski definition) is 9. The largest absolute Gasteiger partial charge is 0.491 e. The lowest BCUT2D eigenvalue weighted by molar-refractivity contribution is -0.142. The number of nitrogens with zero attached hydrogens (tertiary/aromatic N) is 1. The Morgan fingerprint density at radius 1 is 0.960 bits per heavy atom. The van der Waals surface area contributed by atoms with Gasteiger partial charge in [0, 0.05) is 19.4 Å². The molecular weight excluding hydrogens is 646 g/mol. The fourth-order valence-corrected chi connectivity index (χ4v) is 6.41. The molecule has 0 unspecified atom stereocenters. The zero-order valence-electron chi connectivity index (χ0n) is 28.9. The maximum atomic E-state index is 13.9. The van der Waals surface area contributed by atoms with E-state index in [2.05, 4.69) is 21.3 Å². The Morgan fingerprint density at radius 2 is 1.70 bits per heavy atom. The lowest BCUT2D eigenvalue weighted by Crippen LogP contribution is -2.58. The van der Waals surface area contributed by atoms with Crippen LogP contribution in [0, 0.1) is 5.92 Å². The number of para-hydroxylation sites is 1. The molecule has 1 saturated heterocycles. The molecule has 2 aromatic rings. The Balaban J connectivity index is 1.45. The molecule has 14 nitrogen and oxygen atoms in total. The molecule has 0 radical (unpaired) electrons. The highest BCUT2D eigenvalue weighted by Crippen LogP contribution is 2.33. The van der Waals surface area contributed by atoms with Crippen molar-refractivity contribution in [3.63, 3.8) is 0 Å². The minimum absolute atomic E-state index is 0.0262. The van der Waals surface area contributed by atoms with E-state index in [1.165, 1.54) is 4.90 Å². The number of ether oxygens (including phenoxy) is 3. The SMILES string of the molecule is CC[C@@H]1NC(=O)[C@@H](NC(=O)c2cccc3c2OCCO3)Cc2ccc(cc2)OC[C@H](CC(C)C)NC(=O)[C@@H](C)NC(=O)[C@@H]2C[C@@H](O)CN2C1=O. The van der Waals surface area contributed by atoms with Crippen LogP contribution in [0.4, 0.5) is 0 Å². The second-order valence-corrected chi connectivity index (χ2v) is 13.4. The van der Waals surface area contributed by atoms with Crippen molar-refractivity contribution in [3.05, 3.63) is 53.6 Å². The summed E-state index contributed by atoms with van der Waals surface area (Å²) in [6, 6.07) is 7.48. The maximum absolute atomic E-state index is 13.9. The predicted octanol–water partition coefficient (Wildman–Crippen LogP) is 1.08. The van der Waals surface area contributed by atoms with Crippen molar-refractivity contribution in [2.75, 3.05) is 26.4 Å². The molecule has 2 aromatic carbocycles. The summed E-state index contributed by atoms with van der Waals surface area (Å²) >= 11 is 0. The molecule has 1 fully saturated rings. The van der Waals surface area contributed by atoms with Gasteiger partial charge in [0.2, 0.25) is 23.6 Å². The van der Waals surface area contributed by atoms with E-state index < -0.39 is 59.8 Å². The van der Waals surface area contributed by atoms with Crippen molar-refractivity contribution in [3.8, 4) is 17.2 Å². The smallest absolute Gasteiger partial charge is 0.255 e. The van der Waals surface area contributed by atoms with Crippen molar-refractivity contribution in [1.82, 2.24) is 26.2 Å². The van der Waals surface area contributed by atoms with E-state index in [-0.39, 0.29) is 62.3 Å². The van der Waals surface area contributed by atoms with E-state index in [9.17, 15) is 29.1 Å². The molecular formula is C36H47N5O9. The molecule has 0 spiro atoms. The minimum atomic E-state index is -1.11. The van der Waals surface area contributed by atoms with Crippen LogP contribution in [0.1, 0.15) is 62.9 Å². The molecule has 0 aromatic heterocycles. The number of rotatable bonds is 5. The summed E-state index contributed by atoms with van der Waals surface area (Å²) in [6.45, 7) is 7.99. The molecule has 6 rings (SSSR count). The Morgan fingerprint density at radius 3 is 2.42 bits per heavy atom. The van der Waals surface area contributed by atoms with Crippen LogP contribution in [-0.2, 0) is 25.6 Å². The Hall–Kier alpha value is -4.85. The molecule has 14 heteroatoms. The zero-order valence-corrected chi connectivity index (χ0v) is 28.9. The summed E-state index contributed by atoms with van der Waals surface area (Å²) in [5, 5.41) is 21.8. The first kappa shape index (κ1) is 36.4. The Kier molecular flexibility index (Phi) is 11.8. The normalized spacial score (nSPS) is 26.3. The van der Waals surface area contributed by atoms with Crippen LogP contribution in [0.2, 0.25) is 0 Å². The third kappa shape index (κ3) is 8.84. The van der Waals surface area contributed by atoms with Crippen molar-refractivity contribution in [2.45, 2.75) is 89.7 Å². The molecule has 5 amide bonds. The highest BCUT2D eigenvalue weighted by atomic mass is 16.6. The van der Waals surface area contributed by atoms with E-state index in [1.807, 2.05) is 13.8 Å². The van der Waals surface area contributed by atoms with E-state index in [0.29, 0.717) is 30.1 Å². The van der Waals surface area contributed by atoms with Crippen molar-refractivity contribution in [1.29, 1.82) is 0 Å². The minimum Gasteiger partial charge on any atom is -0.491 e. The number of hydrogen-bond donors (Lipinski definition) is 5. The molecule has 6 atom stereocenters. The van der Waals surface area contributed by atoms with Crippen molar-refractivity contribution < 1.29 is 43.3 Å². The average molecular weight is 694 g/mol. The maximum Gasteiger partial charge on any atom is 0.255 e. The van der Waals surface area contributed by atoms with Crippen LogP contribution >= 0.6 is 0 Å². The third-order valence-corrected chi connectivity index (χ3v) is 8.99. The first-order valence-corrected chi connectivity index (χ1v) is 17.2. The second kappa shape index (κ2) is 16.2. The van der Waals surface area contributed by atoms with Crippen LogP contribution in [0.25, 0.3) is 0 Å². The Labute approximate surface area is 291 Å².